The number of amides is 1. The number of fused-ring (bicyclic) bond motifs is 1. The molecular formula is C24H21N3O4. The van der Waals surface area contributed by atoms with Crippen LogP contribution in [-0.4, -0.2) is 45.2 Å². The summed E-state index contributed by atoms with van der Waals surface area (Å²) in [7, 11) is 1.63. The fourth-order valence-corrected chi connectivity index (χ4v) is 3.44. The second-order valence-electron chi connectivity index (χ2n) is 7.20. The molecule has 0 fully saturated rings. The number of benzene rings is 2. The van der Waals surface area contributed by atoms with Crippen molar-refractivity contribution in [3.63, 3.8) is 0 Å². The number of rotatable bonds is 5. The summed E-state index contributed by atoms with van der Waals surface area (Å²) in [5.41, 5.74) is 2.72. The van der Waals surface area contributed by atoms with Gasteiger partial charge < -0.3 is 14.7 Å². The van der Waals surface area contributed by atoms with Crippen molar-refractivity contribution in [1.82, 2.24) is 14.5 Å². The van der Waals surface area contributed by atoms with Crippen LogP contribution in [0.15, 0.2) is 54.7 Å². The number of imidazole rings is 1. The van der Waals surface area contributed by atoms with E-state index in [9.17, 15) is 9.59 Å². The minimum absolute atomic E-state index is 0.156. The highest BCUT2D eigenvalue weighted by atomic mass is 16.5. The van der Waals surface area contributed by atoms with E-state index in [-0.39, 0.29) is 11.6 Å². The zero-order valence-electron chi connectivity index (χ0n) is 17.0. The third-order valence-corrected chi connectivity index (χ3v) is 5.08. The normalized spacial score (nSPS) is 12.7. The minimum atomic E-state index is -0.969. The Balaban J connectivity index is 1.43. The van der Waals surface area contributed by atoms with E-state index in [0.717, 1.165) is 16.9 Å². The van der Waals surface area contributed by atoms with Gasteiger partial charge in [0.1, 0.15) is 17.3 Å². The van der Waals surface area contributed by atoms with Gasteiger partial charge in [-0.2, -0.15) is 0 Å². The number of methoxy groups -OCH3 is 1. The maximum absolute atomic E-state index is 12.9. The van der Waals surface area contributed by atoms with Gasteiger partial charge in [0.15, 0.2) is 0 Å². The van der Waals surface area contributed by atoms with Crippen molar-refractivity contribution in [2.45, 2.75) is 19.4 Å². The fraction of sp³-hybridized carbons (Fsp3) is 0.208. The van der Waals surface area contributed by atoms with E-state index < -0.39 is 5.97 Å². The molecule has 0 saturated carbocycles. The van der Waals surface area contributed by atoms with Crippen molar-refractivity contribution in [2.75, 3.05) is 13.7 Å². The van der Waals surface area contributed by atoms with Crippen LogP contribution in [0.2, 0.25) is 0 Å². The molecule has 0 atom stereocenters. The van der Waals surface area contributed by atoms with Crippen LogP contribution in [0.25, 0.3) is 0 Å². The second-order valence-corrected chi connectivity index (χ2v) is 7.20. The number of hydrogen-bond acceptors (Lipinski definition) is 4. The molecule has 0 radical (unpaired) electrons. The van der Waals surface area contributed by atoms with Gasteiger partial charge in [-0.25, -0.2) is 14.6 Å². The van der Waals surface area contributed by atoms with Gasteiger partial charge in [-0.05, 0) is 41.3 Å². The Morgan fingerprint density at radius 1 is 1.19 bits per heavy atom. The first-order valence-corrected chi connectivity index (χ1v) is 9.85. The number of nitrogens with zero attached hydrogens (tertiary/aromatic N) is 3. The van der Waals surface area contributed by atoms with Crippen molar-refractivity contribution < 1.29 is 19.4 Å². The largest absolute Gasteiger partial charge is 0.497 e. The number of aromatic carboxylic acids is 1. The topological polar surface area (TPSA) is 84.7 Å². The highest BCUT2D eigenvalue weighted by Crippen LogP contribution is 2.17. The van der Waals surface area contributed by atoms with Gasteiger partial charge in [-0.3, -0.25) is 4.57 Å². The molecule has 1 aliphatic heterocycles. The van der Waals surface area contributed by atoms with Crippen LogP contribution in [0.5, 0.6) is 5.75 Å². The Bertz CT molecular complexity index is 1190. The van der Waals surface area contributed by atoms with E-state index in [1.165, 1.54) is 0 Å². The average Bonchev–Trinajstić information content (AvgIpc) is 3.20. The summed E-state index contributed by atoms with van der Waals surface area (Å²) in [6.07, 6.45) is 2.87. The monoisotopic (exact) mass is 415 g/mol. The van der Waals surface area contributed by atoms with Crippen LogP contribution in [0.3, 0.4) is 0 Å². The first kappa shape index (κ1) is 20.2. The highest BCUT2D eigenvalue weighted by molar-refractivity contribution is 5.87. The van der Waals surface area contributed by atoms with Crippen LogP contribution in [0.4, 0.5) is 4.79 Å². The first-order valence-electron chi connectivity index (χ1n) is 9.85. The molecule has 1 N–H and O–H groups in total. The molecule has 2 aromatic carbocycles. The molecule has 0 bridgehead atoms. The van der Waals surface area contributed by atoms with E-state index in [1.54, 1.807) is 47.0 Å². The van der Waals surface area contributed by atoms with E-state index in [4.69, 9.17) is 9.84 Å². The number of carbonyl (C=O) groups excluding carboxylic acids is 1. The maximum Gasteiger partial charge on any atom is 0.335 e. The summed E-state index contributed by atoms with van der Waals surface area (Å²) in [6.45, 7) is 0.959. The summed E-state index contributed by atoms with van der Waals surface area (Å²) >= 11 is 0. The van der Waals surface area contributed by atoms with E-state index in [2.05, 4.69) is 16.8 Å². The van der Waals surface area contributed by atoms with Gasteiger partial charge in [-0.15, -0.1) is 0 Å². The lowest BCUT2D eigenvalue weighted by atomic mass is 10.1. The van der Waals surface area contributed by atoms with Crippen molar-refractivity contribution in [3.8, 4) is 17.6 Å². The number of ether oxygens (including phenoxy) is 1. The number of hydrogen-bond donors (Lipinski definition) is 1. The average molecular weight is 415 g/mol. The summed E-state index contributed by atoms with van der Waals surface area (Å²) < 4.78 is 6.77. The SMILES string of the molecule is COc1cccc(CC#Cc2cn3c(n2)CCN(Cc2ccc(C(=O)O)cc2)C3=O)c1. The molecule has 0 aliphatic carbocycles. The lowest BCUT2D eigenvalue weighted by Gasteiger charge is -2.27. The van der Waals surface area contributed by atoms with Crippen LogP contribution in [0, 0.1) is 11.8 Å². The zero-order chi connectivity index (χ0) is 21.8. The third-order valence-electron chi connectivity index (χ3n) is 5.08. The molecule has 7 nitrogen and oxygen atoms in total. The Hall–Kier alpha value is -4.05. The molecule has 0 spiro atoms. The second kappa shape index (κ2) is 8.76. The molecule has 1 aromatic heterocycles. The molecule has 4 rings (SSSR count). The van der Waals surface area contributed by atoms with E-state index >= 15 is 0 Å². The van der Waals surface area contributed by atoms with Crippen LogP contribution >= 0.6 is 0 Å². The summed E-state index contributed by atoms with van der Waals surface area (Å²) in [5, 5.41) is 9.01. The Morgan fingerprint density at radius 3 is 2.74 bits per heavy atom. The Morgan fingerprint density at radius 2 is 2.00 bits per heavy atom. The third kappa shape index (κ3) is 4.59. The molecule has 1 aliphatic rings. The molecule has 0 saturated heterocycles. The molecule has 2 heterocycles. The van der Waals surface area contributed by atoms with E-state index in [0.29, 0.717) is 37.4 Å². The van der Waals surface area contributed by atoms with Crippen LogP contribution < -0.4 is 4.74 Å². The van der Waals surface area contributed by atoms with Crippen molar-refractivity contribution >= 4 is 12.0 Å². The summed E-state index contributed by atoms with van der Waals surface area (Å²) in [4.78, 5) is 30.1. The smallest absolute Gasteiger partial charge is 0.335 e. The van der Waals surface area contributed by atoms with Gasteiger partial charge in [0.25, 0.3) is 0 Å². The number of carboxylic acids is 1. The summed E-state index contributed by atoms with van der Waals surface area (Å²) in [6, 6.07) is 14.1. The molecule has 3 aromatic rings. The molecule has 0 unspecified atom stereocenters. The van der Waals surface area contributed by atoms with Gasteiger partial charge in [-0.1, -0.05) is 30.2 Å². The molecular weight excluding hydrogens is 394 g/mol. The van der Waals surface area contributed by atoms with Crippen LogP contribution in [-0.2, 0) is 19.4 Å². The molecule has 1 amide bonds. The predicted molar refractivity (Wildman–Crippen MR) is 114 cm³/mol. The van der Waals surface area contributed by atoms with Crippen molar-refractivity contribution in [3.05, 3.63) is 82.9 Å². The minimum Gasteiger partial charge on any atom is -0.497 e. The zero-order valence-corrected chi connectivity index (χ0v) is 17.0. The quantitative estimate of drug-likeness (QED) is 0.647. The van der Waals surface area contributed by atoms with Crippen LogP contribution in [0.1, 0.15) is 33.0 Å². The van der Waals surface area contributed by atoms with Gasteiger partial charge in [0.2, 0.25) is 0 Å². The number of aromatic nitrogens is 2. The molecule has 7 heteroatoms. The van der Waals surface area contributed by atoms with E-state index in [1.807, 2.05) is 24.3 Å². The van der Waals surface area contributed by atoms with Gasteiger partial charge in [0.05, 0.1) is 12.7 Å². The summed E-state index contributed by atoms with van der Waals surface area (Å²) in [5.74, 6) is 6.67. The lowest BCUT2D eigenvalue weighted by Crippen LogP contribution is -2.40. The van der Waals surface area contributed by atoms with Gasteiger partial charge >= 0.3 is 12.0 Å². The Labute approximate surface area is 179 Å². The highest BCUT2D eigenvalue weighted by Gasteiger charge is 2.25. The fourth-order valence-electron chi connectivity index (χ4n) is 3.44. The molecule has 31 heavy (non-hydrogen) atoms. The lowest BCUT2D eigenvalue weighted by molar-refractivity contribution is 0.0696. The maximum atomic E-state index is 12.9. The Kier molecular flexibility index (Phi) is 5.72. The predicted octanol–water partition coefficient (Wildman–Crippen LogP) is 3.21. The number of carboxylic acid groups (broad SMARTS) is 1. The van der Waals surface area contributed by atoms with Gasteiger partial charge in [0, 0.05) is 32.1 Å². The van der Waals surface area contributed by atoms with Crippen molar-refractivity contribution in [1.29, 1.82) is 0 Å². The molecule has 156 valence electrons. The van der Waals surface area contributed by atoms with Crippen molar-refractivity contribution in [2.24, 2.45) is 0 Å². The first-order chi connectivity index (χ1) is 15.0. The standard InChI is InChI=1S/C24H21N3O4/c1-31-21-7-3-5-17(14-21)4-2-6-20-16-27-22(25-20)12-13-26(24(27)30)15-18-8-10-19(11-9-18)23(28)29/h3,5,7-11,14,16H,4,12-13,15H2,1H3,(H,28,29). The number of carbonyl (C=O) groups is 2.